The van der Waals surface area contributed by atoms with Crippen molar-refractivity contribution in [3.8, 4) is 5.75 Å². The third-order valence-electron chi connectivity index (χ3n) is 4.81. The third kappa shape index (κ3) is 4.20. The topological polar surface area (TPSA) is 41.6 Å². The summed E-state index contributed by atoms with van der Waals surface area (Å²) in [6.07, 6.45) is -0.496. The summed E-state index contributed by atoms with van der Waals surface area (Å²) in [5.41, 5.74) is 0.231. The number of alkyl halides is 3. The first kappa shape index (κ1) is 17.1. The van der Waals surface area contributed by atoms with Crippen molar-refractivity contribution < 1.29 is 22.7 Å². The van der Waals surface area contributed by atoms with Gasteiger partial charge in [0.2, 0.25) is 0 Å². The summed E-state index contributed by atoms with van der Waals surface area (Å²) in [7, 11) is 0. The molecule has 1 aromatic carbocycles. The molecule has 1 amide bonds. The van der Waals surface area contributed by atoms with Crippen molar-refractivity contribution in [1.29, 1.82) is 0 Å². The van der Waals surface area contributed by atoms with E-state index in [4.69, 9.17) is 0 Å². The summed E-state index contributed by atoms with van der Waals surface area (Å²) in [5.74, 6) is -0.0182. The van der Waals surface area contributed by atoms with E-state index in [0.717, 1.165) is 25.5 Å². The van der Waals surface area contributed by atoms with E-state index in [1.54, 1.807) is 4.90 Å². The molecule has 0 bridgehead atoms. The smallest absolute Gasteiger partial charge is 0.406 e. The van der Waals surface area contributed by atoms with Crippen molar-refractivity contribution in [2.75, 3.05) is 19.6 Å². The Labute approximate surface area is 139 Å². The Morgan fingerprint density at radius 3 is 2.58 bits per heavy atom. The van der Waals surface area contributed by atoms with Crippen molar-refractivity contribution in [2.45, 2.75) is 38.1 Å². The van der Waals surface area contributed by atoms with Crippen LogP contribution in [0.5, 0.6) is 5.75 Å². The van der Waals surface area contributed by atoms with Gasteiger partial charge in [0.15, 0.2) is 0 Å². The Morgan fingerprint density at radius 2 is 1.96 bits per heavy atom. The molecule has 0 spiro atoms. The number of ether oxygens (including phenoxy) is 1. The molecule has 4 nitrogen and oxygen atoms in total. The maximum Gasteiger partial charge on any atom is 0.573 e. The van der Waals surface area contributed by atoms with Crippen molar-refractivity contribution >= 4 is 5.91 Å². The second-order valence-electron chi connectivity index (χ2n) is 6.41. The molecule has 1 aromatic rings. The molecule has 2 aliphatic rings. The summed E-state index contributed by atoms with van der Waals surface area (Å²) >= 11 is 0. The third-order valence-corrected chi connectivity index (χ3v) is 4.81. The van der Waals surface area contributed by atoms with Crippen LogP contribution >= 0.6 is 0 Å². The zero-order valence-electron chi connectivity index (χ0n) is 13.3. The molecule has 0 radical (unpaired) electrons. The average molecular weight is 342 g/mol. The van der Waals surface area contributed by atoms with Gasteiger partial charge in [0, 0.05) is 24.7 Å². The summed E-state index contributed by atoms with van der Waals surface area (Å²) in [6, 6.07) is 5.83. The maximum absolute atomic E-state index is 12.5. The summed E-state index contributed by atoms with van der Waals surface area (Å²) < 4.78 is 40.8. The van der Waals surface area contributed by atoms with Crippen molar-refractivity contribution in [1.82, 2.24) is 10.2 Å². The highest BCUT2D eigenvalue weighted by Crippen LogP contribution is 2.27. The normalized spacial score (nSPS) is 22.6. The zero-order valence-corrected chi connectivity index (χ0v) is 13.3. The molecule has 1 atom stereocenters. The number of nitrogens with one attached hydrogen (secondary N) is 1. The molecule has 0 saturated carbocycles. The molecule has 24 heavy (non-hydrogen) atoms. The number of halogens is 3. The van der Waals surface area contributed by atoms with Crippen LogP contribution in [0, 0.1) is 5.92 Å². The Morgan fingerprint density at radius 1 is 1.21 bits per heavy atom. The van der Waals surface area contributed by atoms with Gasteiger partial charge in [-0.15, -0.1) is 13.2 Å². The minimum absolute atomic E-state index is 0.231. The van der Waals surface area contributed by atoms with Crippen LogP contribution in [0.25, 0.3) is 0 Å². The number of carbonyl (C=O) groups is 1. The molecule has 1 N–H and O–H groups in total. The second-order valence-corrected chi connectivity index (χ2v) is 6.41. The molecule has 3 rings (SSSR count). The van der Waals surface area contributed by atoms with E-state index < -0.39 is 6.36 Å². The lowest BCUT2D eigenvalue weighted by molar-refractivity contribution is -0.274. The van der Waals surface area contributed by atoms with Gasteiger partial charge in [0.1, 0.15) is 5.75 Å². The number of rotatable bonds is 3. The molecule has 132 valence electrons. The Hall–Kier alpha value is -1.76. The molecule has 1 unspecified atom stereocenters. The van der Waals surface area contributed by atoms with Gasteiger partial charge in [0.05, 0.1) is 0 Å². The summed E-state index contributed by atoms with van der Waals surface area (Å²) in [6.45, 7) is 2.36. The number of hydrogen-bond acceptors (Lipinski definition) is 3. The van der Waals surface area contributed by atoms with Gasteiger partial charge in [-0.2, -0.15) is 0 Å². The van der Waals surface area contributed by atoms with Gasteiger partial charge in [-0.05, 0) is 56.3 Å². The first-order chi connectivity index (χ1) is 11.4. The van der Waals surface area contributed by atoms with Gasteiger partial charge >= 0.3 is 6.36 Å². The van der Waals surface area contributed by atoms with E-state index >= 15 is 0 Å². The predicted octanol–water partition coefficient (Wildman–Crippen LogP) is 3.19. The molecule has 2 saturated heterocycles. The quantitative estimate of drug-likeness (QED) is 0.917. The summed E-state index contributed by atoms with van der Waals surface area (Å²) in [5, 5.41) is 3.50. The monoisotopic (exact) mass is 342 g/mol. The Kier molecular flexibility index (Phi) is 4.99. The number of likely N-dealkylation sites (tertiary alicyclic amines) is 1. The fraction of sp³-hybridized carbons (Fsp3) is 0.588. The van der Waals surface area contributed by atoms with Crippen LogP contribution in [0.15, 0.2) is 24.3 Å². The van der Waals surface area contributed by atoms with E-state index in [2.05, 4.69) is 10.1 Å². The molecule has 2 fully saturated rings. The molecule has 0 aromatic heterocycles. The summed E-state index contributed by atoms with van der Waals surface area (Å²) in [4.78, 5) is 14.2. The molecule has 7 heteroatoms. The van der Waals surface area contributed by atoms with Gasteiger partial charge in [0.25, 0.3) is 5.91 Å². The number of nitrogens with zero attached hydrogens (tertiary/aromatic N) is 1. The van der Waals surface area contributed by atoms with Crippen LogP contribution < -0.4 is 10.1 Å². The van der Waals surface area contributed by atoms with Crippen LogP contribution in [0.3, 0.4) is 0 Å². The lowest BCUT2D eigenvalue weighted by Gasteiger charge is -2.35. The Bertz CT molecular complexity index is 577. The van der Waals surface area contributed by atoms with Gasteiger partial charge in [-0.25, -0.2) is 0 Å². The molecule has 2 aliphatic heterocycles. The zero-order chi connectivity index (χ0) is 17.2. The largest absolute Gasteiger partial charge is 0.573 e. The molecule has 2 heterocycles. The first-order valence-electron chi connectivity index (χ1n) is 8.31. The minimum Gasteiger partial charge on any atom is -0.406 e. The van der Waals surface area contributed by atoms with E-state index in [1.807, 2.05) is 0 Å². The number of amides is 1. The van der Waals surface area contributed by atoms with Crippen LogP contribution in [0.4, 0.5) is 13.2 Å². The lowest BCUT2D eigenvalue weighted by Crippen LogP contribution is -2.43. The standard InChI is InChI=1S/C17H21F3N2O2/c18-17(19,20)24-14-4-1-3-13(11-14)16(23)22-9-6-12(7-10-22)15-5-2-8-21-15/h1,3-4,11-12,15,21H,2,5-10H2. The first-order valence-corrected chi connectivity index (χ1v) is 8.31. The fourth-order valence-corrected chi connectivity index (χ4v) is 3.63. The highest BCUT2D eigenvalue weighted by molar-refractivity contribution is 5.94. The average Bonchev–Trinajstić information content (AvgIpc) is 3.07. The van der Waals surface area contributed by atoms with Crippen molar-refractivity contribution in [2.24, 2.45) is 5.92 Å². The van der Waals surface area contributed by atoms with E-state index in [9.17, 15) is 18.0 Å². The number of hydrogen-bond donors (Lipinski definition) is 1. The van der Waals surface area contributed by atoms with Crippen LogP contribution in [-0.2, 0) is 0 Å². The number of benzene rings is 1. The van der Waals surface area contributed by atoms with Crippen LogP contribution in [0.2, 0.25) is 0 Å². The van der Waals surface area contributed by atoms with E-state index in [-0.39, 0.29) is 17.2 Å². The van der Waals surface area contributed by atoms with Gasteiger partial charge in [-0.1, -0.05) is 6.07 Å². The molecular formula is C17H21F3N2O2. The van der Waals surface area contributed by atoms with Crippen molar-refractivity contribution in [3.63, 3.8) is 0 Å². The van der Waals surface area contributed by atoms with Gasteiger partial charge < -0.3 is 15.0 Å². The Balaban J connectivity index is 1.60. The van der Waals surface area contributed by atoms with Crippen molar-refractivity contribution in [3.05, 3.63) is 29.8 Å². The van der Waals surface area contributed by atoms with Gasteiger partial charge in [-0.3, -0.25) is 4.79 Å². The highest BCUT2D eigenvalue weighted by atomic mass is 19.4. The number of carbonyl (C=O) groups excluding carboxylic acids is 1. The van der Waals surface area contributed by atoms with Crippen LogP contribution in [-0.4, -0.2) is 42.8 Å². The fourth-order valence-electron chi connectivity index (χ4n) is 3.63. The molecular weight excluding hydrogens is 321 g/mol. The van der Waals surface area contributed by atoms with Crippen LogP contribution in [0.1, 0.15) is 36.0 Å². The molecule has 0 aliphatic carbocycles. The minimum atomic E-state index is -4.76. The second kappa shape index (κ2) is 7.01. The SMILES string of the molecule is O=C(c1cccc(OC(F)(F)F)c1)N1CCC(C2CCCN2)CC1. The maximum atomic E-state index is 12.5. The van der Waals surface area contributed by atoms with E-state index in [1.165, 1.54) is 31.0 Å². The highest BCUT2D eigenvalue weighted by Gasteiger charge is 2.32. The lowest BCUT2D eigenvalue weighted by atomic mass is 9.88. The number of piperidine rings is 1. The predicted molar refractivity (Wildman–Crippen MR) is 82.8 cm³/mol. The van der Waals surface area contributed by atoms with E-state index in [0.29, 0.717) is 25.0 Å².